The van der Waals surface area contributed by atoms with Gasteiger partial charge in [-0.3, -0.25) is 0 Å². The van der Waals surface area contributed by atoms with Crippen LogP contribution in [-0.4, -0.2) is 15.8 Å². The van der Waals surface area contributed by atoms with Crippen LogP contribution in [0.2, 0.25) is 0 Å². The zero-order valence-corrected chi connectivity index (χ0v) is 12.1. The topological polar surface area (TPSA) is 41.6 Å². The Morgan fingerprint density at radius 1 is 1.15 bits per heavy atom. The zero-order chi connectivity index (χ0) is 14.1. The number of aromatic nitrogens is 2. The number of thioether (sulfide) groups is 1. The number of imidazole rings is 1. The lowest BCUT2D eigenvalue weighted by Crippen LogP contribution is -1.92. The summed E-state index contributed by atoms with van der Waals surface area (Å²) in [5, 5.41) is 9.17. The number of fused-ring (bicyclic) bond motifs is 1. The predicted octanol–water partition coefficient (Wildman–Crippen LogP) is 3.83. The molecule has 0 aliphatic heterocycles. The molecule has 0 saturated carbocycles. The Balaban J connectivity index is 2.21. The molecule has 2 aromatic carbocycles. The van der Waals surface area contributed by atoms with Gasteiger partial charge in [0.05, 0.1) is 11.1 Å². The summed E-state index contributed by atoms with van der Waals surface area (Å²) < 4.78 is 2.03. The van der Waals surface area contributed by atoms with Gasteiger partial charge < -0.3 is 4.57 Å². The summed E-state index contributed by atoms with van der Waals surface area (Å²) in [6, 6.07) is 16.2. The summed E-state index contributed by atoms with van der Waals surface area (Å²) in [5.41, 5.74) is 3.42. The second-order valence-corrected chi connectivity index (χ2v) is 5.39. The van der Waals surface area contributed by atoms with Crippen molar-refractivity contribution in [3.8, 4) is 17.5 Å². The maximum Gasteiger partial charge on any atom is 0.140 e. The number of hydrogen-bond acceptors (Lipinski definition) is 3. The van der Waals surface area contributed by atoms with Crippen molar-refractivity contribution in [2.24, 2.45) is 7.05 Å². The number of nitrogens with zero attached hydrogens (tertiary/aromatic N) is 3. The van der Waals surface area contributed by atoms with E-state index in [1.165, 1.54) is 4.90 Å². The summed E-state index contributed by atoms with van der Waals surface area (Å²) in [6.07, 6.45) is 2.06. The van der Waals surface area contributed by atoms with Crippen molar-refractivity contribution in [3.63, 3.8) is 0 Å². The Morgan fingerprint density at radius 3 is 2.55 bits per heavy atom. The first kappa shape index (κ1) is 12.8. The Labute approximate surface area is 121 Å². The van der Waals surface area contributed by atoms with Crippen molar-refractivity contribution in [1.82, 2.24) is 9.55 Å². The van der Waals surface area contributed by atoms with E-state index >= 15 is 0 Å². The summed E-state index contributed by atoms with van der Waals surface area (Å²) in [7, 11) is 1.98. The smallest absolute Gasteiger partial charge is 0.140 e. The summed E-state index contributed by atoms with van der Waals surface area (Å²) >= 11 is 1.72. The zero-order valence-electron chi connectivity index (χ0n) is 11.3. The lowest BCUT2D eigenvalue weighted by Gasteiger charge is -2.03. The quantitative estimate of drug-likeness (QED) is 0.669. The van der Waals surface area contributed by atoms with Crippen molar-refractivity contribution in [2.75, 3.05) is 6.26 Å². The van der Waals surface area contributed by atoms with Gasteiger partial charge in [-0.05, 0) is 30.5 Å². The molecule has 1 aromatic heterocycles. The molecule has 0 unspecified atom stereocenters. The molecular formula is C16H13N3S. The largest absolute Gasteiger partial charge is 0.327 e. The molecule has 0 radical (unpaired) electrons. The van der Waals surface area contributed by atoms with E-state index in [1.807, 2.05) is 23.7 Å². The van der Waals surface area contributed by atoms with Crippen LogP contribution in [0.1, 0.15) is 5.56 Å². The van der Waals surface area contributed by atoms with Gasteiger partial charge in [0.25, 0.3) is 0 Å². The van der Waals surface area contributed by atoms with E-state index in [-0.39, 0.29) is 0 Å². The highest BCUT2D eigenvalue weighted by atomic mass is 32.2. The summed E-state index contributed by atoms with van der Waals surface area (Å²) in [6.45, 7) is 0. The van der Waals surface area contributed by atoms with Gasteiger partial charge in [-0.25, -0.2) is 4.98 Å². The van der Waals surface area contributed by atoms with Gasteiger partial charge in [0.15, 0.2) is 0 Å². The molecule has 3 aromatic rings. The standard InChI is InChI=1S/C16H13N3S/c1-19-14-5-3-4-12(10-17)15(14)18-16(19)11-6-8-13(20-2)9-7-11/h3-9H,1-2H3. The monoisotopic (exact) mass is 279 g/mol. The molecule has 0 saturated heterocycles. The Bertz CT molecular complexity index is 810. The van der Waals surface area contributed by atoms with Gasteiger partial charge in [0.1, 0.15) is 17.4 Å². The van der Waals surface area contributed by atoms with E-state index in [9.17, 15) is 5.26 Å². The molecule has 20 heavy (non-hydrogen) atoms. The molecule has 0 spiro atoms. The predicted molar refractivity (Wildman–Crippen MR) is 82.6 cm³/mol. The Kier molecular flexibility index (Phi) is 3.21. The molecule has 3 nitrogen and oxygen atoms in total. The molecule has 3 rings (SSSR count). The fourth-order valence-corrected chi connectivity index (χ4v) is 2.71. The molecule has 0 N–H and O–H groups in total. The lowest BCUT2D eigenvalue weighted by molar-refractivity contribution is 0.959. The second-order valence-electron chi connectivity index (χ2n) is 4.51. The van der Waals surface area contributed by atoms with Crippen molar-refractivity contribution >= 4 is 22.8 Å². The molecule has 4 heteroatoms. The minimum absolute atomic E-state index is 0.616. The highest BCUT2D eigenvalue weighted by Gasteiger charge is 2.12. The van der Waals surface area contributed by atoms with E-state index in [0.29, 0.717) is 5.56 Å². The molecule has 1 heterocycles. The SMILES string of the molecule is CSc1ccc(-c2nc3c(C#N)cccc3n2C)cc1. The summed E-state index contributed by atoms with van der Waals surface area (Å²) in [5.74, 6) is 0.885. The first-order chi connectivity index (χ1) is 9.74. The van der Waals surface area contributed by atoms with Crippen molar-refractivity contribution in [2.45, 2.75) is 4.90 Å². The van der Waals surface area contributed by atoms with Crippen LogP contribution in [0.5, 0.6) is 0 Å². The second kappa shape index (κ2) is 5.03. The van der Waals surface area contributed by atoms with Crippen LogP contribution in [0.15, 0.2) is 47.4 Å². The number of rotatable bonds is 2. The molecule has 0 amide bonds. The number of para-hydroxylation sites is 1. The van der Waals surface area contributed by atoms with Gasteiger partial charge in [-0.2, -0.15) is 5.26 Å². The molecule has 0 aliphatic rings. The van der Waals surface area contributed by atoms with Crippen molar-refractivity contribution < 1.29 is 0 Å². The maximum absolute atomic E-state index is 9.17. The van der Waals surface area contributed by atoms with Crippen LogP contribution in [0.25, 0.3) is 22.4 Å². The molecule has 0 fully saturated rings. The number of nitriles is 1. The number of aryl methyl sites for hydroxylation is 1. The first-order valence-corrected chi connectivity index (χ1v) is 7.47. The van der Waals surface area contributed by atoms with E-state index < -0.39 is 0 Å². The van der Waals surface area contributed by atoms with Gasteiger partial charge in [0, 0.05) is 17.5 Å². The normalized spacial score (nSPS) is 10.7. The van der Waals surface area contributed by atoms with Crippen LogP contribution in [0.4, 0.5) is 0 Å². The van der Waals surface area contributed by atoms with Crippen molar-refractivity contribution in [3.05, 3.63) is 48.0 Å². The minimum Gasteiger partial charge on any atom is -0.327 e. The van der Waals surface area contributed by atoms with Crippen LogP contribution in [0, 0.1) is 11.3 Å². The fraction of sp³-hybridized carbons (Fsp3) is 0.125. The Hall–Kier alpha value is -2.25. The van der Waals surface area contributed by atoms with E-state index in [4.69, 9.17) is 0 Å². The van der Waals surface area contributed by atoms with E-state index in [2.05, 4.69) is 41.6 Å². The summed E-state index contributed by atoms with van der Waals surface area (Å²) in [4.78, 5) is 5.87. The van der Waals surface area contributed by atoms with Gasteiger partial charge in [-0.15, -0.1) is 11.8 Å². The third-order valence-corrected chi connectivity index (χ3v) is 4.12. The van der Waals surface area contributed by atoms with E-state index in [1.54, 1.807) is 17.8 Å². The molecule has 98 valence electrons. The third kappa shape index (κ3) is 1.97. The van der Waals surface area contributed by atoms with Crippen molar-refractivity contribution in [1.29, 1.82) is 5.26 Å². The minimum atomic E-state index is 0.616. The van der Waals surface area contributed by atoms with E-state index in [0.717, 1.165) is 22.4 Å². The van der Waals surface area contributed by atoms with Crippen LogP contribution < -0.4 is 0 Å². The van der Waals surface area contributed by atoms with Crippen LogP contribution in [0.3, 0.4) is 0 Å². The third-order valence-electron chi connectivity index (χ3n) is 3.38. The lowest BCUT2D eigenvalue weighted by atomic mass is 10.2. The Morgan fingerprint density at radius 2 is 1.90 bits per heavy atom. The van der Waals surface area contributed by atoms with Crippen LogP contribution >= 0.6 is 11.8 Å². The first-order valence-electron chi connectivity index (χ1n) is 6.24. The average Bonchev–Trinajstić information content (AvgIpc) is 2.85. The molecular weight excluding hydrogens is 266 g/mol. The van der Waals surface area contributed by atoms with Gasteiger partial charge >= 0.3 is 0 Å². The van der Waals surface area contributed by atoms with Gasteiger partial charge in [0.2, 0.25) is 0 Å². The molecule has 0 aliphatic carbocycles. The maximum atomic E-state index is 9.17. The fourth-order valence-electron chi connectivity index (χ4n) is 2.30. The molecule has 0 bridgehead atoms. The highest BCUT2D eigenvalue weighted by molar-refractivity contribution is 7.98. The molecule has 0 atom stereocenters. The number of hydrogen-bond donors (Lipinski definition) is 0. The highest BCUT2D eigenvalue weighted by Crippen LogP contribution is 2.27. The van der Waals surface area contributed by atoms with Gasteiger partial charge in [-0.1, -0.05) is 18.2 Å². The number of benzene rings is 2. The average molecular weight is 279 g/mol. The van der Waals surface area contributed by atoms with Crippen LogP contribution in [-0.2, 0) is 7.05 Å².